The molecule has 5 N–H and O–H groups in total. The highest BCUT2D eigenvalue weighted by atomic mass is 32.2. The van der Waals surface area contributed by atoms with Crippen LogP contribution in [0.25, 0.3) is 22.5 Å². The van der Waals surface area contributed by atoms with Crippen LogP contribution in [0.4, 0.5) is 56.0 Å². The highest BCUT2D eigenvalue weighted by Gasteiger charge is 2.24. The van der Waals surface area contributed by atoms with Crippen LogP contribution in [-0.4, -0.2) is 115 Å². The Hall–Kier alpha value is -7.79. The number of aromatic nitrogens is 5. The predicted molar refractivity (Wildman–Crippen MR) is 299 cm³/mol. The second-order valence-corrected chi connectivity index (χ2v) is 23.0. The normalized spacial score (nSPS) is 11.9. The van der Waals surface area contributed by atoms with Gasteiger partial charge < -0.3 is 29.9 Å². The number of nitrogens with one attached hydrogen (secondary N) is 2. The number of methoxy groups -OCH3 is 2. The second-order valence-electron chi connectivity index (χ2n) is 16.1. The molecule has 0 aliphatic rings. The van der Waals surface area contributed by atoms with E-state index in [1.807, 2.05) is 39.8 Å². The van der Waals surface area contributed by atoms with Crippen LogP contribution in [0.5, 0.6) is 11.5 Å². The third-order valence-corrected chi connectivity index (χ3v) is 16.4. The maximum Gasteiger partial charge on any atom is 0.298 e. The van der Waals surface area contributed by atoms with Gasteiger partial charge in [0.25, 0.3) is 30.4 Å². The molecule has 0 amide bonds. The second kappa shape index (κ2) is 25.3. The first-order valence-electron chi connectivity index (χ1n) is 23.3. The Morgan fingerprint density at radius 2 is 1.03 bits per heavy atom. The standard InChI is InChI=1S/C47H47N15O11S6/c1-7-61(8-2)29-13-15-33(55-57-43-31(25-48)41(59-75-43)27-11-17-37(72-5)39(21-27)78(66,67)68)35(23-29)50-45-52-46(54-47(53-45)74-19-20-77(63,64)65)51-36-24-30(62(9-3)10-4)14-16-34(36)56-58-44-32(26-49)42(60-76-44)28-12-18-38(73-6)40(22-28)79(69,70)71/h11-18,21-24H,7-10,19-20H2,1-6H3,(H,63,64,65)(H,66,67,68)(H,69,70,71)(H2,50,51,52,53,54). The molecule has 4 aromatic carbocycles. The molecule has 0 saturated carbocycles. The van der Waals surface area contributed by atoms with Gasteiger partial charge in [-0.2, -0.15) is 59.5 Å². The minimum atomic E-state index is -4.73. The van der Waals surface area contributed by atoms with Crippen molar-refractivity contribution in [3.8, 4) is 46.2 Å². The highest BCUT2D eigenvalue weighted by molar-refractivity contribution is 8.00. The summed E-state index contributed by atoms with van der Waals surface area (Å²) in [7, 11) is -11.4. The number of anilines is 6. The van der Waals surface area contributed by atoms with Crippen molar-refractivity contribution < 1.29 is 48.4 Å². The Balaban J connectivity index is 1.30. The number of hydrogen-bond acceptors (Lipinski definition) is 26. The number of ether oxygens (including phenoxy) is 2. The molecule has 0 aliphatic carbocycles. The molecule has 0 aliphatic heterocycles. The third kappa shape index (κ3) is 14.3. The number of thioether (sulfide) groups is 1. The number of benzene rings is 4. The molecule has 412 valence electrons. The van der Waals surface area contributed by atoms with Gasteiger partial charge in [0.05, 0.1) is 31.3 Å². The average Bonchev–Trinajstić information content (AvgIpc) is 4.03. The van der Waals surface area contributed by atoms with Gasteiger partial charge in [-0.25, -0.2) is 0 Å². The van der Waals surface area contributed by atoms with Crippen molar-refractivity contribution in [3.05, 3.63) is 83.9 Å². The van der Waals surface area contributed by atoms with Crippen molar-refractivity contribution in [1.82, 2.24) is 23.7 Å². The summed E-state index contributed by atoms with van der Waals surface area (Å²) in [4.78, 5) is 16.9. The number of azo groups is 2. The lowest BCUT2D eigenvalue weighted by Crippen LogP contribution is -2.21. The Morgan fingerprint density at radius 1 is 0.608 bits per heavy atom. The lowest BCUT2D eigenvalue weighted by Gasteiger charge is -2.22. The fourth-order valence-electron chi connectivity index (χ4n) is 7.55. The Bertz CT molecular complexity index is 3680. The monoisotopic (exact) mass is 1190 g/mol. The van der Waals surface area contributed by atoms with E-state index in [4.69, 9.17) is 14.5 Å². The largest absolute Gasteiger partial charge is 0.495 e. The van der Waals surface area contributed by atoms with E-state index in [9.17, 15) is 49.4 Å². The lowest BCUT2D eigenvalue weighted by atomic mass is 10.1. The molecule has 0 spiro atoms. The predicted octanol–water partition coefficient (Wildman–Crippen LogP) is 10.4. The molecule has 26 nitrogen and oxygen atoms in total. The van der Waals surface area contributed by atoms with Gasteiger partial charge in [-0.15, -0.1) is 20.5 Å². The van der Waals surface area contributed by atoms with Crippen LogP contribution in [0.1, 0.15) is 38.8 Å². The molecule has 3 aromatic heterocycles. The third-order valence-electron chi connectivity index (χ3n) is 11.4. The van der Waals surface area contributed by atoms with Crippen molar-refractivity contribution in [1.29, 1.82) is 10.5 Å². The summed E-state index contributed by atoms with van der Waals surface area (Å²) in [6, 6.07) is 22.5. The zero-order valence-corrected chi connectivity index (χ0v) is 47.4. The minimum absolute atomic E-state index is 0.0212. The van der Waals surface area contributed by atoms with Crippen LogP contribution in [0.3, 0.4) is 0 Å². The van der Waals surface area contributed by atoms with E-state index in [0.717, 1.165) is 58.3 Å². The molecule has 79 heavy (non-hydrogen) atoms. The Morgan fingerprint density at radius 3 is 1.38 bits per heavy atom. The molecule has 3 heterocycles. The van der Waals surface area contributed by atoms with E-state index in [1.165, 1.54) is 38.5 Å². The molecular formula is C47H47N15O11S6. The zero-order chi connectivity index (χ0) is 57.2. The molecule has 0 saturated heterocycles. The zero-order valence-electron chi connectivity index (χ0n) is 42.5. The van der Waals surface area contributed by atoms with E-state index in [2.05, 4.69) is 71.7 Å². The van der Waals surface area contributed by atoms with Gasteiger partial charge in [0.1, 0.15) is 67.3 Å². The van der Waals surface area contributed by atoms with Crippen LogP contribution in [0.2, 0.25) is 0 Å². The summed E-state index contributed by atoms with van der Waals surface area (Å²) in [6.07, 6.45) is 0. The van der Waals surface area contributed by atoms with Crippen LogP contribution >= 0.6 is 34.8 Å². The molecule has 7 aromatic rings. The topological polar surface area (TPSA) is 374 Å². The number of nitriles is 2. The van der Waals surface area contributed by atoms with Gasteiger partial charge in [0, 0.05) is 54.4 Å². The molecule has 0 fully saturated rings. The quantitative estimate of drug-likeness (QED) is 0.0213. The first kappa shape index (κ1) is 58.9. The van der Waals surface area contributed by atoms with Gasteiger partial charge in [-0.1, -0.05) is 11.8 Å². The number of nitrogens with zero attached hydrogens (tertiary/aromatic N) is 13. The van der Waals surface area contributed by atoms with Crippen LogP contribution in [0.15, 0.2) is 108 Å². The van der Waals surface area contributed by atoms with Crippen LogP contribution in [-0.2, 0) is 30.4 Å². The summed E-state index contributed by atoms with van der Waals surface area (Å²) >= 11 is 2.54. The maximum atomic E-state index is 12.2. The van der Waals surface area contributed by atoms with Gasteiger partial charge in [0.15, 0.2) is 15.2 Å². The fraction of sp³-hybridized carbons (Fsp3) is 0.255. The van der Waals surface area contributed by atoms with E-state index in [-0.39, 0.29) is 89.3 Å². The molecule has 32 heteroatoms. The summed E-state index contributed by atoms with van der Waals surface area (Å²) in [6.45, 7) is 10.4. The van der Waals surface area contributed by atoms with Crippen molar-refractivity contribution in [2.45, 2.75) is 42.6 Å². The molecule has 0 unspecified atom stereocenters. The smallest absolute Gasteiger partial charge is 0.298 e. The van der Waals surface area contributed by atoms with Crippen molar-refractivity contribution in [3.63, 3.8) is 0 Å². The molecule has 0 atom stereocenters. The van der Waals surface area contributed by atoms with E-state index in [1.54, 1.807) is 24.3 Å². The van der Waals surface area contributed by atoms with E-state index in [0.29, 0.717) is 37.6 Å². The SMILES string of the molecule is CCN(CC)c1ccc(N=Nc2snc(-c3ccc(OC)c(S(=O)(=O)O)c3)c2C#N)c(Nc2nc(Nc3cc(N(CC)CC)ccc3N=Nc3snc(-c4ccc(OC)c(S(=O)(=O)O)c4)c3C#N)nc(SCCS(=O)(=O)O)n2)c1. The first-order valence-corrected chi connectivity index (χ1v) is 30.3. The van der Waals surface area contributed by atoms with Crippen LogP contribution in [0, 0.1) is 22.7 Å². The van der Waals surface area contributed by atoms with Gasteiger partial charge in [0.2, 0.25) is 11.9 Å². The fourth-order valence-corrected chi connectivity index (χ4v) is 11.9. The summed E-state index contributed by atoms with van der Waals surface area (Å²) < 4.78 is 121. The van der Waals surface area contributed by atoms with E-state index >= 15 is 0 Å². The highest BCUT2D eigenvalue weighted by Crippen LogP contribution is 2.42. The van der Waals surface area contributed by atoms with Crippen molar-refractivity contribution in [2.75, 3.05) is 72.3 Å². The van der Waals surface area contributed by atoms with Gasteiger partial charge in [-0.05, 0) is 124 Å². The molecule has 0 bridgehead atoms. The summed E-state index contributed by atoms with van der Waals surface area (Å²) in [5, 5.41) is 44.9. The maximum absolute atomic E-state index is 12.2. The Labute approximate surface area is 466 Å². The van der Waals surface area contributed by atoms with Gasteiger partial charge in [-0.3, -0.25) is 13.7 Å². The van der Waals surface area contributed by atoms with Crippen molar-refractivity contribution in [2.24, 2.45) is 20.5 Å². The van der Waals surface area contributed by atoms with Crippen LogP contribution < -0.4 is 29.9 Å². The van der Waals surface area contributed by atoms with Gasteiger partial charge >= 0.3 is 0 Å². The average molecular weight is 1190 g/mol. The molecule has 0 radical (unpaired) electrons. The number of hydrogen-bond donors (Lipinski definition) is 5. The minimum Gasteiger partial charge on any atom is -0.495 e. The Kier molecular flexibility index (Phi) is 18.9. The summed E-state index contributed by atoms with van der Waals surface area (Å²) in [5.41, 5.74) is 3.05. The van der Waals surface area contributed by atoms with Crippen molar-refractivity contribution >= 4 is 121 Å². The molecule has 7 rings (SSSR count). The first-order chi connectivity index (χ1) is 37.6. The van der Waals surface area contributed by atoms with E-state index < -0.39 is 45.9 Å². The number of rotatable bonds is 24. The lowest BCUT2D eigenvalue weighted by molar-refractivity contribution is 0.397. The summed E-state index contributed by atoms with van der Waals surface area (Å²) in [5.74, 6) is -1.17. The molecular weight excluding hydrogens is 1140 g/mol.